The van der Waals surface area contributed by atoms with Crippen molar-refractivity contribution in [3.05, 3.63) is 83.6 Å². The van der Waals surface area contributed by atoms with Crippen molar-refractivity contribution in [2.75, 3.05) is 11.1 Å². The van der Waals surface area contributed by atoms with Crippen molar-refractivity contribution in [2.45, 2.75) is 6.42 Å². The van der Waals surface area contributed by atoms with Crippen LogP contribution in [0.5, 0.6) is 0 Å². The average molecular weight is 428 g/mol. The Morgan fingerprint density at radius 2 is 1.72 bits per heavy atom. The summed E-state index contributed by atoms with van der Waals surface area (Å²) in [6.07, 6.45) is 0.251. The molecule has 0 aliphatic carbocycles. The molecule has 0 aliphatic rings. The lowest BCUT2D eigenvalue weighted by Crippen LogP contribution is -2.23. The van der Waals surface area contributed by atoms with Crippen molar-refractivity contribution < 1.29 is 9.32 Å². The first-order valence-corrected chi connectivity index (χ1v) is 9.63. The smallest absolute Gasteiger partial charge is 0.256 e. The van der Waals surface area contributed by atoms with Gasteiger partial charge in [-0.3, -0.25) is 4.79 Å². The highest BCUT2D eigenvalue weighted by molar-refractivity contribution is 5.98. The van der Waals surface area contributed by atoms with Crippen LogP contribution in [0.25, 0.3) is 11.3 Å². The summed E-state index contributed by atoms with van der Waals surface area (Å²) < 4.78 is 4.91. The molecular formula is C22H20N8O2. The van der Waals surface area contributed by atoms with Gasteiger partial charge in [0.05, 0.1) is 5.69 Å². The van der Waals surface area contributed by atoms with Gasteiger partial charge in [0.1, 0.15) is 11.3 Å². The molecule has 1 amide bonds. The van der Waals surface area contributed by atoms with Crippen LogP contribution in [-0.2, 0) is 6.42 Å². The molecule has 0 aliphatic heterocycles. The molecule has 0 saturated carbocycles. The maximum absolute atomic E-state index is 11.6. The van der Waals surface area contributed by atoms with Crippen molar-refractivity contribution in [3.8, 4) is 11.3 Å². The van der Waals surface area contributed by atoms with Crippen LogP contribution in [0.2, 0.25) is 0 Å². The van der Waals surface area contributed by atoms with Crippen LogP contribution in [0, 0.1) is 0 Å². The van der Waals surface area contributed by atoms with Gasteiger partial charge in [-0.25, -0.2) is 0 Å². The maximum Gasteiger partial charge on any atom is 0.256 e. The zero-order valence-electron chi connectivity index (χ0n) is 16.9. The molecule has 10 heteroatoms. The monoisotopic (exact) mass is 428 g/mol. The van der Waals surface area contributed by atoms with E-state index in [0.717, 1.165) is 16.8 Å². The highest BCUT2D eigenvalue weighted by Crippen LogP contribution is 2.23. The van der Waals surface area contributed by atoms with Gasteiger partial charge in [-0.05, 0) is 23.8 Å². The SMILES string of the molecule is NC(=O)c1c(Cc2ccccc2NC(N)=Nc2ccc(-c3ccccc3)nn2)noc1N. The van der Waals surface area contributed by atoms with E-state index in [9.17, 15) is 4.79 Å². The van der Waals surface area contributed by atoms with Gasteiger partial charge in [0.25, 0.3) is 5.91 Å². The predicted molar refractivity (Wildman–Crippen MR) is 121 cm³/mol. The maximum atomic E-state index is 11.6. The van der Waals surface area contributed by atoms with Crippen molar-refractivity contribution in [1.29, 1.82) is 0 Å². The minimum absolute atomic E-state index is 0.0650. The molecule has 2 heterocycles. The fourth-order valence-electron chi connectivity index (χ4n) is 3.14. The Balaban J connectivity index is 1.52. The van der Waals surface area contributed by atoms with Gasteiger partial charge in [-0.2, -0.15) is 4.99 Å². The number of para-hydroxylation sites is 1. The van der Waals surface area contributed by atoms with Crippen LogP contribution in [0.1, 0.15) is 21.6 Å². The number of carbonyl (C=O) groups is 1. The van der Waals surface area contributed by atoms with Gasteiger partial charge < -0.3 is 27.0 Å². The number of rotatable bonds is 6. The highest BCUT2D eigenvalue weighted by Gasteiger charge is 2.20. The number of guanidine groups is 1. The molecule has 0 unspecified atom stereocenters. The first-order valence-electron chi connectivity index (χ1n) is 9.63. The number of nitrogen functional groups attached to an aromatic ring is 1. The third kappa shape index (κ3) is 4.54. The van der Waals surface area contributed by atoms with Crippen LogP contribution >= 0.6 is 0 Å². The zero-order valence-corrected chi connectivity index (χ0v) is 16.9. The second-order valence-electron chi connectivity index (χ2n) is 6.83. The lowest BCUT2D eigenvalue weighted by Gasteiger charge is -2.11. The Morgan fingerprint density at radius 3 is 2.44 bits per heavy atom. The number of aromatic nitrogens is 3. The first-order chi connectivity index (χ1) is 15.5. The molecule has 0 fully saturated rings. The van der Waals surface area contributed by atoms with Gasteiger partial charge in [0, 0.05) is 17.7 Å². The number of amides is 1. The van der Waals surface area contributed by atoms with Gasteiger partial charge in [-0.1, -0.05) is 53.7 Å². The van der Waals surface area contributed by atoms with Crippen molar-refractivity contribution in [2.24, 2.45) is 16.5 Å². The van der Waals surface area contributed by atoms with Crippen molar-refractivity contribution in [3.63, 3.8) is 0 Å². The molecule has 0 radical (unpaired) electrons. The summed E-state index contributed by atoms with van der Waals surface area (Å²) in [5.74, 6) is -0.346. The Hall–Kier alpha value is -4.73. The largest absolute Gasteiger partial charge is 0.369 e. The van der Waals surface area contributed by atoms with E-state index in [0.29, 0.717) is 17.2 Å². The minimum Gasteiger partial charge on any atom is -0.369 e. The Labute approximate surface area is 183 Å². The third-order valence-electron chi connectivity index (χ3n) is 4.63. The molecule has 0 saturated heterocycles. The van der Waals surface area contributed by atoms with Crippen molar-refractivity contribution in [1.82, 2.24) is 15.4 Å². The summed E-state index contributed by atoms with van der Waals surface area (Å²) >= 11 is 0. The Kier molecular flexibility index (Phi) is 5.75. The Bertz CT molecular complexity index is 1270. The summed E-state index contributed by atoms with van der Waals surface area (Å²) in [4.78, 5) is 15.9. The van der Waals surface area contributed by atoms with E-state index < -0.39 is 5.91 Å². The minimum atomic E-state index is -0.706. The summed E-state index contributed by atoms with van der Waals surface area (Å²) in [6.45, 7) is 0. The van der Waals surface area contributed by atoms with E-state index in [-0.39, 0.29) is 23.8 Å². The van der Waals surface area contributed by atoms with Gasteiger partial charge in [-0.15, -0.1) is 10.2 Å². The lowest BCUT2D eigenvalue weighted by molar-refractivity contribution is 0.1000. The van der Waals surface area contributed by atoms with Crippen molar-refractivity contribution >= 4 is 29.3 Å². The molecular weight excluding hydrogens is 408 g/mol. The molecule has 7 N–H and O–H groups in total. The molecule has 2 aromatic carbocycles. The summed E-state index contributed by atoms with van der Waals surface area (Å²) in [5.41, 5.74) is 20.6. The standard InChI is InChI=1S/C22H20N8O2/c23-20(31)19-17(30-32-21(19)24)12-14-8-4-5-9-15(14)26-22(25)27-18-11-10-16(28-29-18)13-6-2-1-3-7-13/h1-11H,12,24H2,(H2,23,31)(H3,25,26,27,29). The summed E-state index contributed by atoms with van der Waals surface area (Å²) in [6, 6.07) is 20.6. The number of nitrogens with two attached hydrogens (primary N) is 3. The molecule has 0 spiro atoms. The average Bonchev–Trinajstić information content (AvgIpc) is 3.16. The summed E-state index contributed by atoms with van der Waals surface area (Å²) in [5, 5.41) is 15.2. The second-order valence-corrected chi connectivity index (χ2v) is 6.83. The number of benzene rings is 2. The molecule has 10 nitrogen and oxygen atoms in total. The topological polar surface area (TPSA) is 171 Å². The number of hydrogen-bond donors (Lipinski definition) is 4. The van der Waals surface area contributed by atoms with Gasteiger partial charge in [0.15, 0.2) is 11.8 Å². The quantitative estimate of drug-likeness (QED) is 0.268. The zero-order chi connectivity index (χ0) is 22.5. The second kappa shape index (κ2) is 8.96. The normalized spacial score (nSPS) is 11.3. The number of nitrogens with zero attached hydrogens (tertiary/aromatic N) is 4. The molecule has 4 rings (SSSR count). The fourth-order valence-corrected chi connectivity index (χ4v) is 3.14. The van der Waals surface area contributed by atoms with E-state index in [1.807, 2.05) is 60.7 Å². The molecule has 2 aromatic heterocycles. The highest BCUT2D eigenvalue weighted by atomic mass is 16.5. The number of hydrogen-bond acceptors (Lipinski definition) is 7. The fraction of sp³-hybridized carbons (Fsp3) is 0.0455. The van der Waals surface area contributed by atoms with E-state index in [4.69, 9.17) is 21.7 Å². The van der Waals surface area contributed by atoms with Crippen LogP contribution in [-0.4, -0.2) is 27.2 Å². The molecule has 4 aromatic rings. The van der Waals surface area contributed by atoms with E-state index in [1.54, 1.807) is 6.07 Å². The van der Waals surface area contributed by atoms with Crippen LogP contribution in [0.15, 0.2) is 76.2 Å². The Morgan fingerprint density at radius 1 is 0.969 bits per heavy atom. The molecule has 32 heavy (non-hydrogen) atoms. The molecule has 0 atom stereocenters. The van der Waals surface area contributed by atoms with Crippen LogP contribution < -0.4 is 22.5 Å². The number of carbonyl (C=O) groups excluding carboxylic acids is 1. The van der Waals surface area contributed by atoms with E-state index >= 15 is 0 Å². The number of primary amides is 1. The van der Waals surface area contributed by atoms with Crippen LogP contribution in [0.4, 0.5) is 17.4 Å². The van der Waals surface area contributed by atoms with E-state index in [1.165, 1.54) is 0 Å². The first kappa shape index (κ1) is 20.5. The molecule has 0 bridgehead atoms. The third-order valence-corrected chi connectivity index (χ3v) is 4.63. The lowest BCUT2D eigenvalue weighted by atomic mass is 10.0. The number of aliphatic imine (C=N–C) groups is 1. The van der Waals surface area contributed by atoms with Gasteiger partial charge in [0.2, 0.25) is 5.88 Å². The summed E-state index contributed by atoms with van der Waals surface area (Å²) in [7, 11) is 0. The van der Waals surface area contributed by atoms with E-state index in [2.05, 4.69) is 25.7 Å². The van der Waals surface area contributed by atoms with Gasteiger partial charge >= 0.3 is 0 Å². The number of nitrogens with one attached hydrogen (secondary N) is 1. The predicted octanol–water partition coefficient (Wildman–Crippen LogP) is 2.46. The number of anilines is 2. The van der Waals surface area contributed by atoms with Crippen LogP contribution in [0.3, 0.4) is 0 Å². The molecule has 160 valence electrons.